The predicted molar refractivity (Wildman–Crippen MR) is 57.5 cm³/mol. The second-order valence-electron chi connectivity index (χ2n) is 3.77. The lowest BCUT2D eigenvalue weighted by Gasteiger charge is -2.11. The summed E-state index contributed by atoms with van der Waals surface area (Å²) < 4.78 is 13.0. The lowest BCUT2D eigenvalue weighted by atomic mass is 10.0. The van der Waals surface area contributed by atoms with Crippen molar-refractivity contribution in [2.24, 2.45) is 5.73 Å². The number of nitrogens with two attached hydrogens (primary N) is 1. The second kappa shape index (κ2) is 4.38. The summed E-state index contributed by atoms with van der Waals surface area (Å²) in [6.45, 7) is 5.90. The first-order valence-electron chi connectivity index (χ1n) is 4.67. The van der Waals surface area contributed by atoms with Crippen molar-refractivity contribution in [1.82, 2.24) is 0 Å². The molecular weight excluding hydrogens is 177 g/mol. The zero-order chi connectivity index (χ0) is 10.7. The highest BCUT2D eigenvalue weighted by Crippen LogP contribution is 2.18. The maximum atomic E-state index is 13.0. The van der Waals surface area contributed by atoms with E-state index in [4.69, 9.17) is 5.73 Å². The van der Waals surface area contributed by atoms with Gasteiger partial charge in [-0.05, 0) is 44.0 Å². The molecule has 0 aromatic heterocycles. The van der Waals surface area contributed by atoms with E-state index < -0.39 is 0 Å². The van der Waals surface area contributed by atoms with E-state index in [9.17, 15) is 4.39 Å². The first-order chi connectivity index (χ1) is 6.50. The van der Waals surface area contributed by atoms with Crippen LogP contribution in [-0.4, -0.2) is 0 Å². The SMILES string of the molecule is CC(C)=CC(N)c1cc(F)ccc1C. The molecule has 1 atom stereocenters. The lowest BCUT2D eigenvalue weighted by Crippen LogP contribution is -2.09. The van der Waals surface area contributed by atoms with E-state index in [-0.39, 0.29) is 11.9 Å². The molecule has 0 saturated heterocycles. The molecule has 0 spiro atoms. The summed E-state index contributed by atoms with van der Waals surface area (Å²) in [6.07, 6.45) is 1.93. The van der Waals surface area contributed by atoms with Crippen molar-refractivity contribution in [3.8, 4) is 0 Å². The Balaban J connectivity index is 3.05. The quantitative estimate of drug-likeness (QED) is 0.717. The van der Waals surface area contributed by atoms with Crippen LogP contribution in [0, 0.1) is 12.7 Å². The van der Waals surface area contributed by atoms with Gasteiger partial charge in [0.1, 0.15) is 5.82 Å². The number of allylic oxidation sites excluding steroid dienone is 1. The van der Waals surface area contributed by atoms with Crippen LogP contribution in [0.5, 0.6) is 0 Å². The number of rotatable bonds is 2. The highest BCUT2D eigenvalue weighted by atomic mass is 19.1. The minimum atomic E-state index is -0.233. The Bertz CT molecular complexity index is 351. The van der Waals surface area contributed by atoms with Gasteiger partial charge < -0.3 is 5.73 Å². The molecule has 2 N–H and O–H groups in total. The van der Waals surface area contributed by atoms with Crippen molar-refractivity contribution in [3.05, 3.63) is 46.8 Å². The van der Waals surface area contributed by atoms with Crippen LogP contribution in [0.2, 0.25) is 0 Å². The van der Waals surface area contributed by atoms with E-state index in [1.54, 1.807) is 6.07 Å². The maximum Gasteiger partial charge on any atom is 0.123 e. The van der Waals surface area contributed by atoms with Gasteiger partial charge in [0.25, 0.3) is 0 Å². The monoisotopic (exact) mass is 193 g/mol. The Hall–Kier alpha value is -1.15. The van der Waals surface area contributed by atoms with Crippen molar-refractivity contribution in [1.29, 1.82) is 0 Å². The van der Waals surface area contributed by atoms with Crippen molar-refractivity contribution in [3.63, 3.8) is 0 Å². The molecule has 0 heterocycles. The second-order valence-corrected chi connectivity index (χ2v) is 3.77. The van der Waals surface area contributed by atoms with E-state index in [0.717, 1.165) is 16.7 Å². The molecule has 0 saturated carbocycles. The third kappa shape index (κ3) is 2.67. The summed E-state index contributed by atoms with van der Waals surface area (Å²) in [4.78, 5) is 0. The van der Waals surface area contributed by atoms with E-state index in [1.165, 1.54) is 12.1 Å². The molecule has 1 aromatic rings. The van der Waals surface area contributed by atoms with Crippen LogP contribution in [-0.2, 0) is 0 Å². The number of hydrogen-bond acceptors (Lipinski definition) is 1. The van der Waals surface area contributed by atoms with Crippen molar-refractivity contribution in [2.45, 2.75) is 26.8 Å². The molecule has 1 aromatic carbocycles. The summed E-state index contributed by atoms with van der Waals surface area (Å²) in [5, 5.41) is 0. The lowest BCUT2D eigenvalue weighted by molar-refractivity contribution is 0.623. The van der Waals surface area contributed by atoms with E-state index >= 15 is 0 Å². The standard InChI is InChI=1S/C12H16FN/c1-8(2)6-12(14)11-7-10(13)5-4-9(11)3/h4-7,12H,14H2,1-3H3. The summed E-state index contributed by atoms with van der Waals surface area (Å²) >= 11 is 0. The summed E-state index contributed by atoms with van der Waals surface area (Å²) in [5.74, 6) is -0.233. The Labute approximate surface area is 84.4 Å². The van der Waals surface area contributed by atoms with Crippen LogP contribution in [0.1, 0.15) is 31.0 Å². The Morgan fingerprint density at radius 1 is 1.43 bits per heavy atom. The molecule has 0 amide bonds. The maximum absolute atomic E-state index is 13.0. The predicted octanol–water partition coefficient (Wildman–Crippen LogP) is 3.10. The smallest absolute Gasteiger partial charge is 0.123 e. The van der Waals surface area contributed by atoms with Gasteiger partial charge in [-0.15, -0.1) is 0 Å². The van der Waals surface area contributed by atoms with Gasteiger partial charge in [-0.3, -0.25) is 0 Å². The minimum absolute atomic E-state index is 0.212. The molecular formula is C12H16FN. The number of benzene rings is 1. The van der Waals surface area contributed by atoms with Crippen LogP contribution in [0.25, 0.3) is 0 Å². The van der Waals surface area contributed by atoms with Gasteiger partial charge in [0.15, 0.2) is 0 Å². The molecule has 14 heavy (non-hydrogen) atoms. The van der Waals surface area contributed by atoms with Crippen LogP contribution >= 0.6 is 0 Å². The number of hydrogen-bond donors (Lipinski definition) is 1. The van der Waals surface area contributed by atoms with Crippen molar-refractivity contribution in [2.75, 3.05) is 0 Å². The zero-order valence-corrected chi connectivity index (χ0v) is 8.84. The molecule has 0 aliphatic heterocycles. The van der Waals surface area contributed by atoms with E-state index in [2.05, 4.69) is 0 Å². The molecule has 0 fully saturated rings. The highest BCUT2D eigenvalue weighted by Gasteiger charge is 2.06. The fourth-order valence-electron chi connectivity index (χ4n) is 1.42. The van der Waals surface area contributed by atoms with Crippen molar-refractivity contribution < 1.29 is 4.39 Å². The molecule has 0 aliphatic rings. The Morgan fingerprint density at radius 2 is 2.07 bits per heavy atom. The van der Waals surface area contributed by atoms with Crippen LogP contribution in [0.15, 0.2) is 29.8 Å². The first kappa shape index (κ1) is 10.9. The van der Waals surface area contributed by atoms with Gasteiger partial charge in [0.05, 0.1) is 0 Å². The molecule has 0 radical (unpaired) electrons. The first-order valence-corrected chi connectivity index (χ1v) is 4.67. The average molecular weight is 193 g/mol. The van der Waals surface area contributed by atoms with E-state index in [0.29, 0.717) is 0 Å². The fraction of sp³-hybridized carbons (Fsp3) is 0.333. The van der Waals surface area contributed by atoms with Gasteiger partial charge >= 0.3 is 0 Å². The van der Waals surface area contributed by atoms with Crippen LogP contribution in [0.3, 0.4) is 0 Å². The number of aryl methyl sites for hydroxylation is 1. The third-order valence-corrected chi connectivity index (χ3v) is 2.11. The van der Waals surface area contributed by atoms with Gasteiger partial charge in [0.2, 0.25) is 0 Å². The molecule has 1 nitrogen and oxygen atoms in total. The molecule has 0 bridgehead atoms. The van der Waals surface area contributed by atoms with Gasteiger partial charge in [0, 0.05) is 6.04 Å². The Morgan fingerprint density at radius 3 is 2.64 bits per heavy atom. The molecule has 2 heteroatoms. The van der Waals surface area contributed by atoms with Gasteiger partial charge in [-0.1, -0.05) is 17.7 Å². The van der Waals surface area contributed by atoms with Gasteiger partial charge in [-0.2, -0.15) is 0 Å². The Kier molecular flexibility index (Phi) is 3.42. The van der Waals surface area contributed by atoms with Crippen LogP contribution < -0.4 is 5.73 Å². The minimum Gasteiger partial charge on any atom is -0.321 e. The van der Waals surface area contributed by atoms with Gasteiger partial charge in [-0.25, -0.2) is 4.39 Å². The number of halogens is 1. The molecule has 0 aliphatic carbocycles. The summed E-state index contributed by atoms with van der Waals surface area (Å²) in [5.41, 5.74) is 8.94. The van der Waals surface area contributed by atoms with Crippen molar-refractivity contribution >= 4 is 0 Å². The molecule has 1 unspecified atom stereocenters. The fourth-order valence-corrected chi connectivity index (χ4v) is 1.42. The summed E-state index contributed by atoms with van der Waals surface area (Å²) in [6, 6.07) is 4.49. The van der Waals surface area contributed by atoms with Crippen LogP contribution in [0.4, 0.5) is 4.39 Å². The largest absolute Gasteiger partial charge is 0.321 e. The molecule has 1 rings (SSSR count). The molecule has 76 valence electrons. The topological polar surface area (TPSA) is 26.0 Å². The normalized spacial score (nSPS) is 12.4. The highest BCUT2D eigenvalue weighted by molar-refractivity contribution is 5.32. The summed E-state index contributed by atoms with van der Waals surface area (Å²) in [7, 11) is 0. The zero-order valence-electron chi connectivity index (χ0n) is 8.84. The van der Waals surface area contributed by atoms with E-state index in [1.807, 2.05) is 26.8 Å². The third-order valence-electron chi connectivity index (χ3n) is 2.11. The average Bonchev–Trinajstić information content (AvgIpc) is 2.08.